The predicted octanol–water partition coefficient (Wildman–Crippen LogP) is 3.85. The van der Waals surface area contributed by atoms with Gasteiger partial charge >= 0.3 is 6.18 Å². The molecule has 4 nitrogen and oxygen atoms in total. The van der Waals surface area contributed by atoms with Crippen molar-refractivity contribution in [1.82, 2.24) is 9.80 Å². The Morgan fingerprint density at radius 3 is 2.25 bits per heavy atom. The Bertz CT molecular complexity index is 787. The lowest BCUT2D eigenvalue weighted by Crippen LogP contribution is -2.52. The van der Waals surface area contributed by atoms with Crippen LogP contribution >= 0.6 is 0 Å². The maximum atomic E-state index is 13.1. The molecule has 0 saturated carbocycles. The van der Waals surface area contributed by atoms with E-state index in [-0.39, 0.29) is 5.69 Å². The molecule has 1 amide bonds. The van der Waals surface area contributed by atoms with Crippen molar-refractivity contribution in [3.63, 3.8) is 0 Å². The standard InChI is InChI=1S/C21H24F3N3O/c1-16(20(28)25-19-10-6-5-9-18(19)21(22,23)24)27-13-11-26(12-14-27)15-17-7-3-2-4-8-17/h2-10,16H,11-15H2,1H3,(H,25,28). The van der Waals surface area contributed by atoms with Crippen LogP contribution in [0.4, 0.5) is 18.9 Å². The van der Waals surface area contributed by atoms with Crippen LogP contribution < -0.4 is 5.32 Å². The van der Waals surface area contributed by atoms with Gasteiger partial charge in [-0.15, -0.1) is 0 Å². The lowest BCUT2D eigenvalue weighted by atomic mass is 10.1. The molecule has 1 aliphatic heterocycles. The van der Waals surface area contributed by atoms with Crippen molar-refractivity contribution in [2.24, 2.45) is 0 Å². The van der Waals surface area contributed by atoms with Crippen molar-refractivity contribution >= 4 is 11.6 Å². The van der Waals surface area contributed by atoms with E-state index >= 15 is 0 Å². The van der Waals surface area contributed by atoms with Crippen LogP contribution in [0.2, 0.25) is 0 Å². The Labute approximate surface area is 162 Å². The maximum Gasteiger partial charge on any atom is 0.418 e. The molecule has 2 aromatic carbocycles. The highest BCUT2D eigenvalue weighted by atomic mass is 19.4. The lowest BCUT2D eigenvalue weighted by Gasteiger charge is -2.37. The van der Waals surface area contributed by atoms with Gasteiger partial charge in [-0.05, 0) is 24.6 Å². The number of carbonyl (C=O) groups excluding carboxylic acids is 1. The summed E-state index contributed by atoms with van der Waals surface area (Å²) < 4.78 is 39.3. The van der Waals surface area contributed by atoms with E-state index in [2.05, 4.69) is 22.3 Å². The molecular weight excluding hydrogens is 367 g/mol. The van der Waals surface area contributed by atoms with Gasteiger partial charge in [0.25, 0.3) is 0 Å². The van der Waals surface area contributed by atoms with Crippen molar-refractivity contribution in [3.05, 3.63) is 65.7 Å². The smallest absolute Gasteiger partial charge is 0.324 e. The number of nitrogens with zero attached hydrogens (tertiary/aromatic N) is 2. The summed E-state index contributed by atoms with van der Waals surface area (Å²) in [6.07, 6.45) is -4.50. The monoisotopic (exact) mass is 391 g/mol. The van der Waals surface area contributed by atoms with Gasteiger partial charge in [0.05, 0.1) is 17.3 Å². The van der Waals surface area contributed by atoms with Gasteiger partial charge in [0.15, 0.2) is 0 Å². The molecule has 1 fully saturated rings. The number of piperazine rings is 1. The van der Waals surface area contributed by atoms with E-state index in [1.54, 1.807) is 6.92 Å². The maximum absolute atomic E-state index is 13.1. The highest BCUT2D eigenvalue weighted by Crippen LogP contribution is 2.34. The Kier molecular flexibility index (Phi) is 6.36. The number of carbonyl (C=O) groups is 1. The molecule has 1 heterocycles. The number of benzene rings is 2. The third kappa shape index (κ3) is 5.11. The number of hydrogen-bond acceptors (Lipinski definition) is 3. The fraction of sp³-hybridized carbons (Fsp3) is 0.381. The summed E-state index contributed by atoms with van der Waals surface area (Å²) in [4.78, 5) is 16.9. The van der Waals surface area contributed by atoms with Gasteiger partial charge in [-0.1, -0.05) is 42.5 Å². The van der Waals surface area contributed by atoms with Gasteiger partial charge in [0.2, 0.25) is 5.91 Å². The lowest BCUT2D eigenvalue weighted by molar-refractivity contribution is -0.137. The molecule has 0 bridgehead atoms. The zero-order valence-electron chi connectivity index (χ0n) is 15.7. The number of amides is 1. The molecule has 2 aromatic rings. The molecule has 150 valence electrons. The van der Waals surface area contributed by atoms with Crippen molar-refractivity contribution in [3.8, 4) is 0 Å². The third-order valence-electron chi connectivity index (χ3n) is 5.07. The van der Waals surface area contributed by atoms with Gasteiger partial charge < -0.3 is 5.32 Å². The number of anilines is 1. The summed E-state index contributed by atoms with van der Waals surface area (Å²) in [6, 6.07) is 14.7. The largest absolute Gasteiger partial charge is 0.418 e. The van der Waals surface area contributed by atoms with Crippen LogP contribution in [-0.4, -0.2) is 47.9 Å². The Morgan fingerprint density at radius 1 is 1.00 bits per heavy atom. The molecule has 1 N–H and O–H groups in total. The van der Waals surface area contributed by atoms with Crippen molar-refractivity contribution < 1.29 is 18.0 Å². The topological polar surface area (TPSA) is 35.6 Å². The molecule has 0 spiro atoms. The fourth-order valence-electron chi connectivity index (χ4n) is 3.39. The van der Waals surface area contributed by atoms with E-state index in [1.807, 2.05) is 23.1 Å². The molecular formula is C21H24F3N3O. The second-order valence-electron chi connectivity index (χ2n) is 7.01. The quantitative estimate of drug-likeness (QED) is 0.841. The van der Waals surface area contributed by atoms with E-state index in [0.29, 0.717) is 13.1 Å². The number of halogens is 3. The molecule has 7 heteroatoms. The summed E-state index contributed by atoms with van der Waals surface area (Å²) in [5.74, 6) is -0.423. The van der Waals surface area contributed by atoms with Gasteiger partial charge in [-0.3, -0.25) is 14.6 Å². The van der Waals surface area contributed by atoms with Crippen molar-refractivity contribution in [1.29, 1.82) is 0 Å². The highest BCUT2D eigenvalue weighted by Gasteiger charge is 2.34. The van der Waals surface area contributed by atoms with Crippen LogP contribution in [0, 0.1) is 0 Å². The van der Waals surface area contributed by atoms with Crippen molar-refractivity contribution in [2.45, 2.75) is 25.7 Å². The molecule has 1 atom stereocenters. The zero-order valence-corrected chi connectivity index (χ0v) is 15.7. The molecule has 1 unspecified atom stereocenters. The molecule has 1 saturated heterocycles. The number of hydrogen-bond donors (Lipinski definition) is 1. The summed E-state index contributed by atoms with van der Waals surface area (Å²) in [6.45, 7) is 5.61. The van der Waals surface area contributed by atoms with Crippen LogP contribution in [-0.2, 0) is 17.5 Å². The average molecular weight is 391 g/mol. The second kappa shape index (κ2) is 8.75. The van der Waals surface area contributed by atoms with E-state index in [9.17, 15) is 18.0 Å². The number of nitrogens with one attached hydrogen (secondary N) is 1. The van der Waals surface area contributed by atoms with Gasteiger partial charge in [0, 0.05) is 32.7 Å². The van der Waals surface area contributed by atoms with Crippen LogP contribution in [0.15, 0.2) is 54.6 Å². The number of para-hydroxylation sites is 1. The molecule has 28 heavy (non-hydrogen) atoms. The first-order valence-corrected chi connectivity index (χ1v) is 9.32. The zero-order chi connectivity index (χ0) is 20.1. The van der Waals surface area contributed by atoms with Crippen LogP contribution in [0.25, 0.3) is 0 Å². The van der Waals surface area contributed by atoms with E-state index in [0.717, 1.165) is 25.7 Å². The fourth-order valence-corrected chi connectivity index (χ4v) is 3.39. The van der Waals surface area contributed by atoms with Gasteiger partial charge in [-0.25, -0.2) is 0 Å². The molecule has 3 rings (SSSR count). The van der Waals surface area contributed by atoms with Gasteiger partial charge in [-0.2, -0.15) is 13.2 Å². The van der Waals surface area contributed by atoms with E-state index in [1.165, 1.54) is 23.8 Å². The first kappa shape index (κ1) is 20.4. The summed E-state index contributed by atoms with van der Waals surface area (Å²) in [5.41, 5.74) is 0.211. The Hall–Kier alpha value is -2.38. The van der Waals surface area contributed by atoms with Crippen LogP contribution in [0.1, 0.15) is 18.1 Å². The summed E-state index contributed by atoms with van der Waals surface area (Å²) in [5, 5.41) is 2.45. The average Bonchev–Trinajstić information content (AvgIpc) is 2.68. The minimum absolute atomic E-state index is 0.199. The third-order valence-corrected chi connectivity index (χ3v) is 5.07. The molecule has 1 aliphatic rings. The molecule has 0 aromatic heterocycles. The minimum Gasteiger partial charge on any atom is -0.324 e. The Morgan fingerprint density at radius 2 is 1.61 bits per heavy atom. The summed E-state index contributed by atoms with van der Waals surface area (Å²) in [7, 11) is 0. The number of rotatable bonds is 5. The first-order chi connectivity index (χ1) is 13.3. The minimum atomic E-state index is -4.50. The molecule has 0 radical (unpaired) electrons. The van der Waals surface area contributed by atoms with Crippen molar-refractivity contribution in [2.75, 3.05) is 31.5 Å². The summed E-state index contributed by atoms with van der Waals surface area (Å²) >= 11 is 0. The second-order valence-corrected chi connectivity index (χ2v) is 7.01. The van der Waals surface area contributed by atoms with E-state index in [4.69, 9.17) is 0 Å². The number of alkyl halides is 3. The molecule has 0 aliphatic carbocycles. The first-order valence-electron chi connectivity index (χ1n) is 9.32. The van der Waals surface area contributed by atoms with Crippen LogP contribution in [0.5, 0.6) is 0 Å². The van der Waals surface area contributed by atoms with Crippen LogP contribution in [0.3, 0.4) is 0 Å². The van der Waals surface area contributed by atoms with Gasteiger partial charge in [0.1, 0.15) is 0 Å². The van der Waals surface area contributed by atoms with E-state index < -0.39 is 23.7 Å². The Balaban J connectivity index is 1.55. The predicted molar refractivity (Wildman–Crippen MR) is 103 cm³/mol. The normalized spacial score (nSPS) is 17.3. The SMILES string of the molecule is CC(C(=O)Nc1ccccc1C(F)(F)F)N1CCN(Cc2ccccc2)CC1. The highest BCUT2D eigenvalue weighted by molar-refractivity contribution is 5.95.